The summed E-state index contributed by atoms with van der Waals surface area (Å²) in [4.78, 5) is 10.7. The molecule has 0 aliphatic carbocycles. The highest BCUT2D eigenvalue weighted by Gasteiger charge is 2.35. The molecule has 19 heavy (non-hydrogen) atoms. The molecule has 1 unspecified atom stereocenters. The van der Waals surface area contributed by atoms with E-state index in [1.165, 1.54) is 0 Å². The van der Waals surface area contributed by atoms with Crippen LogP contribution in [0.15, 0.2) is 24.3 Å². The van der Waals surface area contributed by atoms with Crippen molar-refractivity contribution < 1.29 is 23.1 Å². The Kier molecular flexibility index (Phi) is 3.77. The zero-order valence-corrected chi connectivity index (χ0v) is 11.0. The zero-order valence-electron chi connectivity index (χ0n) is 10.2. The fourth-order valence-corrected chi connectivity index (χ4v) is 3.13. The molecule has 1 aromatic rings. The van der Waals surface area contributed by atoms with Crippen molar-refractivity contribution in [2.24, 2.45) is 5.73 Å². The Morgan fingerprint density at radius 2 is 2.05 bits per heavy atom. The molecular weight excluding hydrogens is 270 g/mol. The summed E-state index contributed by atoms with van der Waals surface area (Å²) in [6, 6.07) is 6.16. The van der Waals surface area contributed by atoms with E-state index in [-0.39, 0.29) is 24.0 Å². The average molecular weight is 285 g/mol. The lowest BCUT2D eigenvalue weighted by Gasteiger charge is -2.28. The molecule has 1 aromatic carbocycles. The van der Waals surface area contributed by atoms with Crippen molar-refractivity contribution >= 4 is 15.8 Å². The average Bonchev–Trinajstić information content (AvgIpc) is 2.26. The Morgan fingerprint density at radius 1 is 1.42 bits per heavy atom. The minimum absolute atomic E-state index is 0.00446. The molecule has 7 heteroatoms. The molecule has 6 nitrogen and oxygen atoms in total. The highest BCUT2D eigenvalue weighted by molar-refractivity contribution is 7.92. The van der Waals surface area contributed by atoms with Gasteiger partial charge < -0.3 is 15.6 Å². The topological polar surface area (TPSA) is 107 Å². The third-order valence-electron chi connectivity index (χ3n) is 2.89. The van der Waals surface area contributed by atoms with E-state index < -0.39 is 21.8 Å². The highest BCUT2D eigenvalue weighted by atomic mass is 32.2. The van der Waals surface area contributed by atoms with E-state index in [2.05, 4.69) is 0 Å². The van der Waals surface area contributed by atoms with Gasteiger partial charge in [0.2, 0.25) is 0 Å². The second-order valence-corrected chi connectivity index (χ2v) is 6.71. The molecule has 104 valence electrons. The molecule has 0 bridgehead atoms. The maximum atomic E-state index is 11.1. The van der Waals surface area contributed by atoms with Gasteiger partial charge in [-0.25, -0.2) is 8.42 Å². The number of benzene rings is 1. The molecule has 3 N–H and O–H groups in total. The predicted octanol–water partition coefficient (Wildman–Crippen LogP) is 0.337. The first-order valence-corrected chi connectivity index (χ1v) is 7.63. The molecule has 2 rings (SSSR count). The van der Waals surface area contributed by atoms with Gasteiger partial charge in [0.1, 0.15) is 11.9 Å². The zero-order chi connectivity index (χ0) is 14.0. The largest absolute Gasteiger partial charge is 0.488 e. The van der Waals surface area contributed by atoms with Crippen LogP contribution in [0.5, 0.6) is 5.75 Å². The van der Waals surface area contributed by atoms with Crippen LogP contribution in [0.2, 0.25) is 0 Å². The number of nitrogens with two attached hydrogens (primary N) is 1. The van der Waals surface area contributed by atoms with Crippen LogP contribution in [0.4, 0.5) is 0 Å². The standard InChI is InChI=1S/C12H15NO5S/c13-10(5-12(14)15)9-3-1-2-4-11(9)18-8-6-19(16,17)7-8/h1-4,8,10H,5-7,13H2,(H,14,15). The van der Waals surface area contributed by atoms with Crippen LogP contribution in [0.25, 0.3) is 0 Å². The van der Waals surface area contributed by atoms with E-state index >= 15 is 0 Å². The van der Waals surface area contributed by atoms with Crippen LogP contribution in [0.3, 0.4) is 0 Å². The SMILES string of the molecule is NC(CC(=O)O)c1ccccc1OC1CS(=O)(=O)C1. The predicted molar refractivity (Wildman–Crippen MR) is 68.7 cm³/mol. The number of hydrogen-bond donors (Lipinski definition) is 2. The summed E-state index contributed by atoms with van der Waals surface area (Å²) >= 11 is 0. The van der Waals surface area contributed by atoms with Crippen LogP contribution in [0.1, 0.15) is 18.0 Å². The molecule has 1 aliphatic rings. The van der Waals surface area contributed by atoms with Crippen molar-refractivity contribution in [2.75, 3.05) is 11.5 Å². The number of para-hydroxylation sites is 1. The number of carbonyl (C=O) groups is 1. The Bertz CT molecular complexity index is 572. The summed E-state index contributed by atoms with van der Waals surface area (Å²) in [6.07, 6.45) is -0.577. The Morgan fingerprint density at radius 3 is 2.63 bits per heavy atom. The second kappa shape index (κ2) is 5.18. The minimum atomic E-state index is -2.95. The van der Waals surface area contributed by atoms with E-state index in [9.17, 15) is 13.2 Å². The maximum absolute atomic E-state index is 11.1. The molecule has 1 fully saturated rings. The number of hydrogen-bond acceptors (Lipinski definition) is 5. The van der Waals surface area contributed by atoms with E-state index in [0.29, 0.717) is 11.3 Å². The third kappa shape index (κ3) is 3.45. The molecule has 1 heterocycles. The first-order chi connectivity index (χ1) is 8.87. The van der Waals surface area contributed by atoms with E-state index in [1.807, 2.05) is 0 Å². The van der Waals surface area contributed by atoms with Gasteiger partial charge in [-0.15, -0.1) is 0 Å². The lowest BCUT2D eigenvalue weighted by molar-refractivity contribution is -0.137. The van der Waals surface area contributed by atoms with Gasteiger partial charge in [0.25, 0.3) is 0 Å². The smallest absolute Gasteiger partial charge is 0.305 e. The summed E-state index contributed by atoms with van der Waals surface area (Å²) < 4.78 is 27.7. The van der Waals surface area contributed by atoms with Gasteiger partial charge in [-0.3, -0.25) is 4.79 Å². The van der Waals surface area contributed by atoms with Gasteiger partial charge in [-0.05, 0) is 6.07 Å². The lowest BCUT2D eigenvalue weighted by atomic mass is 10.0. The lowest BCUT2D eigenvalue weighted by Crippen LogP contribution is -2.45. The van der Waals surface area contributed by atoms with Gasteiger partial charge in [0, 0.05) is 11.6 Å². The Labute approximate surface area is 111 Å². The van der Waals surface area contributed by atoms with Crippen LogP contribution in [-0.4, -0.2) is 37.1 Å². The van der Waals surface area contributed by atoms with Crippen molar-refractivity contribution in [1.82, 2.24) is 0 Å². The molecule has 0 radical (unpaired) electrons. The Hall–Kier alpha value is -1.60. The molecule has 1 aliphatic heterocycles. The number of carboxylic acids is 1. The van der Waals surface area contributed by atoms with Crippen molar-refractivity contribution in [1.29, 1.82) is 0 Å². The van der Waals surface area contributed by atoms with Crippen LogP contribution in [0, 0.1) is 0 Å². The second-order valence-electron chi connectivity index (χ2n) is 4.56. The molecule has 0 amide bonds. The quantitative estimate of drug-likeness (QED) is 0.807. The fraction of sp³-hybridized carbons (Fsp3) is 0.417. The van der Waals surface area contributed by atoms with Gasteiger partial charge in [-0.1, -0.05) is 18.2 Å². The molecule has 0 saturated carbocycles. The summed E-state index contributed by atoms with van der Waals surface area (Å²) in [7, 11) is -2.95. The van der Waals surface area contributed by atoms with Crippen molar-refractivity contribution in [3.05, 3.63) is 29.8 Å². The maximum Gasteiger partial charge on any atom is 0.305 e. The van der Waals surface area contributed by atoms with Crippen LogP contribution >= 0.6 is 0 Å². The number of rotatable bonds is 5. The van der Waals surface area contributed by atoms with Crippen LogP contribution < -0.4 is 10.5 Å². The summed E-state index contributed by atoms with van der Waals surface area (Å²) in [5, 5.41) is 8.74. The van der Waals surface area contributed by atoms with E-state index in [4.69, 9.17) is 15.6 Å². The molecular formula is C12H15NO5S. The molecule has 0 aromatic heterocycles. The van der Waals surface area contributed by atoms with Gasteiger partial charge in [0.05, 0.1) is 17.9 Å². The first kappa shape index (κ1) is 13.8. The Balaban J connectivity index is 2.10. The van der Waals surface area contributed by atoms with Gasteiger partial charge in [0.15, 0.2) is 9.84 Å². The van der Waals surface area contributed by atoms with Crippen LogP contribution in [-0.2, 0) is 14.6 Å². The van der Waals surface area contributed by atoms with Crippen molar-refractivity contribution in [2.45, 2.75) is 18.6 Å². The normalized spacial score (nSPS) is 19.4. The summed E-state index contributed by atoms with van der Waals surface area (Å²) in [5.74, 6) is -0.546. The molecule has 1 atom stereocenters. The summed E-state index contributed by atoms with van der Waals surface area (Å²) in [5.41, 5.74) is 6.38. The van der Waals surface area contributed by atoms with E-state index in [1.54, 1.807) is 24.3 Å². The van der Waals surface area contributed by atoms with E-state index in [0.717, 1.165) is 0 Å². The number of carboxylic acid groups (broad SMARTS) is 1. The minimum Gasteiger partial charge on any atom is -0.488 e. The molecule has 0 spiro atoms. The van der Waals surface area contributed by atoms with Gasteiger partial charge >= 0.3 is 5.97 Å². The summed E-state index contributed by atoms with van der Waals surface area (Å²) in [6.45, 7) is 0. The first-order valence-electron chi connectivity index (χ1n) is 5.81. The van der Waals surface area contributed by atoms with Crippen molar-refractivity contribution in [3.8, 4) is 5.75 Å². The van der Waals surface area contributed by atoms with Gasteiger partial charge in [-0.2, -0.15) is 0 Å². The number of ether oxygens (including phenoxy) is 1. The third-order valence-corrected chi connectivity index (χ3v) is 4.65. The number of aliphatic carboxylic acids is 1. The highest BCUT2D eigenvalue weighted by Crippen LogP contribution is 2.28. The number of sulfone groups is 1. The fourth-order valence-electron chi connectivity index (χ4n) is 1.96. The molecule has 1 saturated heterocycles. The monoisotopic (exact) mass is 285 g/mol. The van der Waals surface area contributed by atoms with Crippen molar-refractivity contribution in [3.63, 3.8) is 0 Å².